The van der Waals surface area contributed by atoms with Gasteiger partial charge in [-0.25, -0.2) is 15.0 Å². The molecule has 0 aliphatic heterocycles. The normalized spacial score (nSPS) is 11.8. The van der Waals surface area contributed by atoms with Gasteiger partial charge in [0.15, 0.2) is 17.5 Å². The minimum absolute atomic E-state index is 0.581. The highest BCUT2D eigenvalue weighted by Gasteiger charge is 2.21. The standard InChI is InChI=1S/C63H37N3OS/c1-4-18-47-39(12-1)14-8-21-50(47)52-22-10-24-54-58-55(25-11-26-56(58)67-59(52)54)63-65-61(64-62(66-63)45-34-35-48-43(37-45)33-32-40-13-2-3-17-46(40)48)44-16-7-15-42(36-44)38-28-30-41(31-29-38)49-20-9-23-53-51-19-5-6-27-57(51)68-60(49)53/h1-37H. The Hall–Kier alpha value is -8.77. The number of furan rings is 1. The molecule has 316 valence electrons. The Balaban J connectivity index is 0.916. The van der Waals surface area contributed by atoms with Gasteiger partial charge in [0.2, 0.25) is 0 Å². The zero-order chi connectivity index (χ0) is 44.7. The molecule has 68 heavy (non-hydrogen) atoms. The van der Waals surface area contributed by atoms with Gasteiger partial charge in [-0.05, 0) is 84.4 Å². The van der Waals surface area contributed by atoms with Crippen LogP contribution < -0.4 is 0 Å². The average Bonchev–Trinajstić information content (AvgIpc) is 4.00. The molecule has 0 atom stereocenters. The van der Waals surface area contributed by atoms with Crippen molar-refractivity contribution >= 4 is 85.8 Å². The van der Waals surface area contributed by atoms with E-state index in [1.807, 2.05) is 23.5 Å². The monoisotopic (exact) mass is 883 g/mol. The van der Waals surface area contributed by atoms with Crippen LogP contribution in [-0.4, -0.2) is 15.0 Å². The van der Waals surface area contributed by atoms with Crippen LogP contribution in [0.25, 0.3) is 142 Å². The fourth-order valence-corrected chi connectivity index (χ4v) is 11.5. The SMILES string of the molecule is c1cc(-c2ccc(-c3cccc4c3sc3ccccc34)cc2)cc(-c2nc(-c3ccc4c(ccc5ccccc54)c3)nc(-c3cccc4oc5c(-c6cccc7ccccc67)cccc5c34)n2)c1. The van der Waals surface area contributed by atoms with Crippen molar-refractivity contribution in [3.63, 3.8) is 0 Å². The molecule has 0 saturated heterocycles. The minimum Gasteiger partial charge on any atom is -0.455 e. The summed E-state index contributed by atoms with van der Waals surface area (Å²) in [5.74, 6) is 1.78. The van der Waals surface area contributed by atoms with Crippen molar-refractivity contribution < 1.29 is 4.42 Å². The van der Waals surface area contributed by atoms with Crippen LogP contribution in [0.5, 0.6) is 0 Å². The van der Waals surface area contributed by atoms with Crippen molar-refractivity contribution in [2.45, 2.75) is 0 Å². The van der Waals surface area contributed by atoms with Gasteiger partial charge in [0.1, 0.15) is 11.2 Å². The predicted molar refractivity (Wildman–Crippen MR) is 285 cm³/mol. The molecular weight excluding hydrogens is 847 g/mol. The van der Waals surface area contributed by atoms with Crippen LogP contribution >= 0.6 is 11.3 Å². The summed E-state index contributed by atoms with van der Waals surface area (Å²) in [5.41, 5.74) is 11.1. The molecule has 0 amide bonds. The van der Waals surface area contributed by atoms with Gasteiger partial charge in [0, 0.05) is 53.2 Å². The second kappa shape index (κ2) is 15.4. The maximum Gasteiger partial charge on any atom is 0.164 e. The van der Waals surface area contributed by atoms with Crippen molar-refractivity contribution in [3.8, 4) is 67.5 Å². The molecule has 0 aliphatic rings. The Morgan fingerprint density at radius 1 is 0.309 bits per heavy atom. The lowest BCUT2D eigenvalue weighted by Gasteiger charge is -2.12. The van der Waals surface area contributed by atoms with Gasteiger partial charge in [0.05, 0.1) is 0 Å². The van der Waals surface area contributed by atoms with E-state index in [2.05, 4.69) is 212 Å². The fraction of sp³-hybridized carbons (Fsp3) is 0. The van der Waals surface area contributed by atoms with E-state index in [0.717, 1.165) is 66.3 Å². The molecule has 14 aromatic rings. The van der Waals surface area contributed by atoms with E-state index in [1.165, 1.54) is 58.2 Å². The van der Waals surface area contributed by atoms with Crippen LogP contribution in [-0.2, 0) is 0 Å². The van der Waals surface area contributed by atoms with Gasteiger partial charge >= 0.3 is 0 Å². The molecule has 11 aromatic carbocycles. The number of benzene rings is 11. The molecule has 4 nitrogen and oxygen atoms in total. The van der Waals surface area contributed by atoms with Crippen molar-refractivity contribution in [1.82, 2.24) is 15.0 Å². The summed E-state index contributed by atoms with van der Waals surface area (Å²) in [7, 11) is 0. The van der Waals surface area contributed by atoms with E-state index >= 15 is 0 Å². The second-order valence-electron chi connectivity index (χ2n) is 17.5. The number of rotatable bonds is 6. The van der Waals surface area contributed by atoms with Gasteiger partial charge in [-0.2, -0.15) is 0 Å². The number of para-hydroxylation sites is 1. The molecule has 0 unspecified atom stereocenters. The first-order chi connectivity index (χ1) is 33.7. The van der Waals surface area contributed by atoms with Crippen molar-refractivity contribution in [1.29, 1.82) is 0 Å². The van der Waals surface area contributed by atoms with Gasteiger partial charge < -0.3 is 4.42 Å². The molecule has 0 bridgehead atoms. The van der Waals surface area contributed by atoms with Crippen molar-refractivity contribution in [2.75, 3.05) is 0 Å². The number of hydrogen-bond donors (Lipinski definition) is 0. The highest BCUT2D eigenvalue weighted by atomic mass is 32.1. The van der Waals surface area contributed by atoms with Gasteiger partial charge in [0.25, 0.3) is 0 Å². The summed E-state index contributed by atoms with van der Waals surface area (Å²) in [6.07, 6.45) is 0. The highest BCUT2D eigenvalue weighted by Crippen LogP contribution is 2.43. The Kier molecular flexibility index (Phi) is 8.73. The molecule has 0 spiro atoms. The third kappa shape index (κ3) is 6.24. The molecule has 0 N–H and O–H groups in total. The lowest BCUT2D eigenvalue weighted by molar-refractivity contribution is 0.670. The van der Waals surface area contributed by atoms with E-state index in [-0.39, 0.29) is 0 Å². The zero-order valence-corrected chi connectivity index (χ0v) is 37.3. The maximum absolute atomic E-state index is 6.83. The topological polar surface area (TPSA) is 51.8 Å². The third-order valence-electron chi connectivity index (χ3n) is 13.5. The Labute approximate surface area is 395 Å². The molecule has 5 heteroatoms. The van der Waals surface area contributed by atoms with Crippen molar-refractivity contribution in [3.05, 3.63) is 224 Å². The average molecular weight is 884 g/mol. The molecule has 0 fully saturated rings. The number of hydrogen-bond acceptors (Lipinski definition) is 5. The van der Waals surface area contributed by atoms with E-state index in [4.69, 9.17) is 19.4 Å². The molecule has 3 aromatic heterocycles. The van der Waals surface area contributed by atoms with Crippen LogP contribution in [0.4, 0.5) is 0 Å². The number of nitrogens with zero attached hydrogens (tertiary/aromatic N) is 3. The van der Waals surface area contributed by atoms with Crippen LogP contribution in [0, 0.1) is 0 Å². The number of fused-ring (bicyclic) bond motifs is 10. The summed E-state index contributed by atoms with van der Waals surface area (Å²) < 4.78 is 9.45. The van der Waals surface area contributed by atoms with E-state index in [0.29, 0.717) is 17.5 Å². The summed E-state index contributed by atoms with van der Waals surface area (Å²) >= 11 is 1.86. The first-order valence-corrected chi connectivity index (χ1v) is 23.7. The predicted octanol–water partition coefficient (Wildman–Crippen LogP) is 17.6. The van der Waals surface area contributed by atoms with Crippen LogP contribution in [0.15, 0.2) is 229 Å². The van der Waals surface area contributed by atoms with Crippen molar-refractivity contribution in [2.24, 2.45) is 0 Å². The molecular formula is C63H37N3OS. The lowest BCUT2D eigenvalue weighted by atomic mass is 9.96. The largest absolute Gasteiger partial charge is 0.455 e. The van der Waals surface area contributed by atoms with Gasteiger partial charge in [-0.1, -0.05) is 200 Å². The molecule has 14 rings (SSSR count). The zero-order valence-electron chi connectivity index (χ0n) is 36.5. The minimum atomic E-state index is 0.581. The van der Waals surface area contributed by atoms with E-state index in [1.54, 1.807) is 0 Å². The quantitative estimate of drug-likeness (QED) is 0.156. The Morgan fingerprint density at radius 3 is 1.74 bits per heavy atom. The van der Waals surface area contributed by atoms with Gasteiger partial charge in [-0.15, -0.1) is 11.3 Å². The summed E-state index contributed by atoms with van der Waals surface area (Å²) in [5, 5.41) is 11.7. The third-order valence-corrected chi connectivity index (χ3v) is 14.8. The number of aromatic nitrogens is 3. The molecule has 0 aliphatic carbocycles. The summed E-state index contributed by atoms with van der Waals surface area (Å²) in [4.78, 5) is 15.9. The van der Waals surface area contributed by atoms with Gasteiger partial charge in [-0.3, -0.25) is 0 Å². The van der Waals surface area contributed by atoms with E-state index < -0.39 is 0 Å². The summed E-state index contributed by atoms with van der Waals surface area (Å²) in [6.45, 7) is 0. The van der Waals surface area contributed by atoms with Crippen LogP contribution in [0.2, 0.25) is 0 Å². The van der Waals surface area contributed by atoms with Crippen LogP contribution in [0.1, 0.15) is 0 Å². The second-order valence-corrected chi connectivity index (χ2v) is 18.5. The van der Waals surface area contributed by atoms with E-state index in [9.17, 15) is 0 Å². The maximum atomic E-state index is 6.83. The van der Waals surface area contributed by atoms with Crippen LogP contribution in [0.3, 0.4) is 0 Å². The first-order valence-electron chi connectivity index (χ1n) is 22.9. The molecule has 0 saturated carbocycles. The first kappa shape index (κ1) is 38.5. The lowest BCUT2D eigenvalue weighted by Crippen LogP contribution is -2.00. The summed E-state index contributed by atoms with van der Waals surface area (Å²) in [6, 6.07) is 79.8. The molecule has 0 radical (unpaired) electrons. The number of thiophene rings is 1. The Morgan fingerprint density at radius 2 is 0.868 bits per heavy atom. The molecule has 3 heterocycles. The fourth-order valence-electron chi connectivity index (χ4n) is 10.3. The Bertz CT molecular complexity index is 4330. The highest BCUT2D eigenvalue weighted by molar-refractivity contribution is 7.26. The smallest absolute Gasteiger partial charge is 0.164 e.